The minimum Gasteiger partial charge on any atom is -0.497 e. The Labute approximate surface area is 123 Å². The molecule has 0 fully saturated rings. The van der Waals surface area contributed by atoms with Crippen molar-refractivity contribution in [2.24, 2.45) is 5.84 Å². The summed E-state index contributed by atoms with van der Waals surface area (Å²) < 4.78 is 5.22. The van der Waals surface area contributed by atoms with E-state index in [2.05, 4.69) is 50.2 Å². The third-order valence-corrected chi connectivity index (χ3v) is 4.44. The lowest BCUT2D eigenvalue weighted by molar-refractivity contribution is 0.0698. The lowest BCUT2D eigenvalue weighted by Crippen LogP contribution is -2.55. The van der Waals surface area contributed by atoms with Gasteiger partial charge in [-0.2, -0.15) is 0 Å². The monoisotopic (exact) mass is 279 g/mol. The Hall–Kier alpha value is -1.10. The summed E-state index contributed by atoms with van der Waals surface area (Å²) in [5.41, 5.74) is 4.18. The normalized spacial score (nSPS) is 15.9. The first-order chi connectivity index (χ1) is 9.57. The summed E-state index contributed by atoms with van der Waals surface area (Å²) in [6.45, 7) is 10.9. The summed E-state index contributed by atoms with van der Waals surface area (Å²) in [6, 6.07) is 8.22. The fourth-order valence-corrected chi connectivity index (χ4v) is 2.99. The number of rotatable bonds is 8. The molecule has 0 aliphatic heterocycles. The first kappa shape index (κ1) is 17.0. The molecule has 0 aliphatic carbocycles. The van der Waals surface area contributed by atoms with Crippen LogP contribution in [0.15, 0.2) is 24.3 Å². The van der Waals surface area contributed by atoms with Crippen molar-refractivity contribution in [3.8, 4) is 5.75 Å². The van der Waals surface area contributed by atoms with E-state index in [1.165, 1.54) is 5.56 Å². The van der Waals surface area contributed by atoms with Gasteiger partial charge in [-0.05, 0) is 44.1 Å². The van der Waals surface area contributed by atoms with Gasteiger partial charge in [0, 0.05) is 5.54 Å². The van der Waals surface area contributed by atoms with E-state index in [-0.39, 0.29) is 11.6 Å². The van der Waals surface area contributed by atoms with Gasteiger partial charge in [0.25, 0.3) is 0 Å². The molecule has 0 aromatic heterocycles. The number of nitrogens with two attached hydrogens (primary N) is 1. The van der Waals surface area contributed by atoms with Crippen LogP contribution in [0.4, 0.5) is 0 Å². The van der Waals surface area contributed by atoms with Crippen LogP contribution in [0.25, 0.3) is 0 Å². The Kier molecular flexibility index (Phi) is 6.46. The number of nitrogens with zero attached hydrogens (tertiary/aromatic N) is 1. The predicted molar refractivity (Wildman–Crippen MR) is 84.7 cm³/mol. The van der Waals surface area contributed by atoms with E-state index in [0.717, 1.165) is 25.3 Å². The number of nitrogens with one attached hydrogen (secondary N) is 1. The van der Waals surface area contributed by atoms with Crippen molar-refractivity contribution < 1.29 is 4.74 Å². The Morgan fingerprint density at radius 3 is 2.10 bits per heavy atom. The predicted octanol–water partition coefficient (Wildman–Crippen LogP) is 2.71. The second-order valence-corrected chi connectivity index (χ2v) is 5.26. The van der Waals surface area contributed by atoms with Crippen molar-refractivity contribution in [2.45, 2.75) is 45.7 Å². The number of methoxy groups -OCH3 is 1. The highest BCUT2D eigenvalue weighted by molar-refractivity contribution is 5.31. The van der Waals surface area contributed by atoms with Crippen molar-refractivity contribution in [1.29, 1.82) is 0 Å². The van der Waals surface area contributed by atoms with Crippen molar-refractivity contribution in [3.05, 3.63) is 29.8 Å². The second-order valence-electron chi connectivity index (χ2n) is 5.26. The zero-order valence-electron chi connectivity index (χ0n) is 13.4. The molecule has 20 heavy (non-hydrogen) atoms. The van der Waals surface area contributed by atoms with Crippen LogP contribution in [-0.2, 0) is 0 Å². The van der Waals surface area contributed by atoms with Gasteiger partial charge in [0.15, 0.2) is 0 Å². The van der Waals surface area contributed by atoms with E-state index < -0.39 is 0 Å². The van der Waals surface area contributed by atoms with Crippen LogP contribution >= 0.6 is 0 Å². The van der Waals surface area contributed by atoms with Crippen LogP contribution in [0, 0.1) is 0 Å². The van der Waals surface area contributed by atoms with E-state index in [0.29, 0.717) is 0 Å². The van der Waals surface area contributed by atoms with Gasteiger partial charge in [-0.3, -0.25) is 16.2 Å². The summed E-state index contributed by atoms with van der Waals surface area (Å²) in [6.07, 6.45) is 1.02. The molecular formula is C16H29N3O. The molecule has 2 unspecified atom stereocenters. The molecule has 4 heteroatoms. The fraction of sp³-hybridized carbons (Fsp3) is 0.625. The topological polar surface area (TPSA) is 50.5 Å². The highest BCUT2D eigenvalue weighted by Gasteiger charge is 2.37. The van der Waals surface area contributed by atoms with E-state index in [4.69, 9.17) is 10.6 Å². The van der Waals surface area contributed by atoms with E-state index in [9.17, 15) is 0 Å². The maximum absolute atomic E-state index is 5.88. The Morgan fingerprint density at radius 2 is 1.75 bits per heavy atom. The maximum Gasteiger partial charge on any atom is 0.118 e. The summed E-state index contributed by atoms with van der Waals surface area (Å²) in [7, 11) is 1.68. The van der Waals surface area contributed by atoms with Gasteiger partial charge in [-0.15, -0.1) is 0 Å². The minimum atomic E-state index is -0.0210. The third-order valence-electron chi connectivity index (χ3n) is 4.44. The van der Waals surface area contributed by atoms with E-state index in [1.54, 1.807) is 7.11 Å². The molecular weight excluding hydrogens is 250 g/mol. The molecule has 0 saturated carbocycles. The molecule has 4 nitrogen and oxygen atoms in total. The highest BCUT2D eigenvalue weighted by atomic mass is 16.5. The van der Waals surface area contributed by atoms with Crippen LogP contribution in [0.2, 0.25) is 0 Å². The number of likely N-dealkylation sites (N-methyl/N-ethyl adjacent to an activating group) is 1. The van der Waals surface area contributed by atoms with Crippen LogP contribution in [0.5, 0.6) is 5.75 Å². The summed E-state index contributed by atoms with van der Waals surface area (Å²) in [4.78, 5) is 2.46. The summed E-state index contributed by atoms with van der Waals surface area (Å²) in [5.74, 6) is 6.74. The zero-order valence-corrected chi connectivity index (χ0v) is 13.4. The van der Waals surface area contributed by atoms with Crippen molar-refractivity contribution >= 4 is 0 Å². The zero-order chi connectivity index (χ0) is 15.2. The number of hydrogen-bond acceptors (Lipinski definition) is 4. The molecule has 1 rings (SSSR count). The van der Waals surface area contributed by atoms with Crippen molar-refractivity contribution in [2.75, 3.05) is 20.2 Å². The molecule has 0 radical (unpaired) electrons. The number of hydrogen-bond donors (Lipinski definition) is 2. The molecule has 3 N–H and O–H groups in total. The average Bonchev–Trinajstić information content (AvgIpc) is 2.49. The Bertz CT molecular complexity index is 389. The average molecular weight is 279 g/mol. The lowest BCUT2D eigenvalue weighted by atomic mass is 9.83. The van der Waals surface area contributed by atoms with Crippen LogP contribution in [-0.4, -0.2) is 30.6 Å². The third kappa shape index (κ3) is 3.32. The highest BCUT2D eigenvalue weighted by Crippen LogP contribution is 2.34. The molecule has 0 saturated heterocycles. The van der Waals surface area contributed by atoms with Gasteiger partial charge < -0.3 is 4.74 Å². The van der Waals surface area contributed by atoms with Crippen LogP contribution in [0.1, 0.15) is 45.7 Å². The molecule has 0 bridgehead atoms. The second kappa shape index (κ2) is 7.62. The first-order valence-corrected chi connectivity index (χ1v) is 7.42. The van der Waals surface area contributed by atoms with Gasteiger partial charge in [0.05, 0.1) is 13.2 Å². The summed E-state index contributed by atoms with van der Waals surface area (Å²) >= 11 is 0. The van der Waals surface area contributed by atoms with Crippen LogP contribution < -0.4 is 16.0 Å². The first-order valence-electron chi connectivity index (χ1n) is 7.42. The van der Waals surface area contributed by atoms with Gasteiger partial charge >= 0.3 is 0 Å². The van der Waals surface area contributed by atoms with Crippen molar-refractivity contribution in [1.82, 2.24) is 10.3 Å². The van der Waals surface area contributed by atoms with Gasteiger partial charge in [0.2, 0.25) is 0 Å². The molecule has 0 heterocycles. The molecule has 0 amide bonds. The number of benzene rings is 1. The number of hydrazine groups is 1. The Morgan fingerprint density at radius 1 is 1.20 bits per heavy atom. The van der Waals surface area contributed by atoms with Gasteiger partial charge in [0.1, 0.15) is 5.75 Å². The van der Waals surface area contributed by atoms with Crippen molar-refractivity contribution in [3.63, 3.8) is 0 Å². The molecule has 0 spiro atoms. The maximum atomic E-state index is 5.88. The SMILES string of the molecule is CCN(CC)C(C)(CC)C(NN)c1ccc(OC)cc1. The lowest BCUT2D eigenvalue weighted by Gasteiger charge is -2.45. The largest absolute Gasteiger partial charge is 0.497 e. The number of ether oxygens (including phenoxy) is 1. The fourth-order valence-electron chi connectivity index (χ4n) is 2.99. The van der Waals surface area contributed by atoms with Crippen LogP contribution in [0.3, 0.4) is 0 Å². The molecule has 1 aromatic rings. The Balaban J connectivity index is 3.12. The van der Waals surface area contributed by atoms with Gasteiger partial charge in [-0.25, -0.2) is 0 Å². The smallest absolute Gasteiger partial charge is 0.118 e. The van der Waals surface area contributed by atoms with E-state index >= 15 is 0 Å². The summed E-state index contributed by atoms with van der Waals surface area (Å²) in [5, 5.41) is 0. The minimum absolute atomic E-state index is 0.0210. The molecule has 0 aliphatic rings. The standard InChI is InChI=1S/C16H29N3O/c1-6-16(4,19(7-2)8-3)15(18-17)13-9-11-14(20-5)12-10-13/h9-12,15,18H,6-8,17H2,1-5H3. The van der Waals surface area contributed by atoms with E-state index in [1.807, 2.05) is 12.1 Å². The molecule has 1 aromatic carbocycles. The molecule has 114 valence electrons. The van der Waals surface area contributed by atoms with Gasteiger partial charge in [-0.1, -0.05) is 32.9 Å². The molecule has 2 atom stereocenters. The quantitative estimate of drug-likeness (QED) is 0.567.